The molecule has 0 fully saturated rings. The van der Waals surface area contributed by atoms with Crippen molar-refractivity contribution in [2.45, 2.75) is 25.8 Å². The number of hydrogen-bond donors (Lipinski definition) is 2. The van der Waals surface area contributed by atoms with E-state index in [0.717, 1.165) is 12.5 Å². The third-order valence-corrected chi connectivity index (χ3v) is 4.27. The van der Waals surface area contributed by atoms with Gasteiger partial charge in [-0.3, -0.25) is 11.3 Å². The maximum Gasteiger partial charge on any atom is 0.159 e. The highest BCUT2D eigenvalue weighted by molar-refractivity contribution is 7.11. The number of hydrogen-bond acceptors (Lipinski definition) is 3. The van der Waals surface area contributed by atoms with Crippen LogP contribution in [0.1, 0.15) is 28.3 Å². The van der Waals surface area contributed by atoms with Crippen molar-refractivity contribution in [3.05, 3.63) is 57.3 Å². The number of halogens is 2. The average Bonchev–Trinajstić information content (AvgIpc) is 2.87. The van der Waals surface area contributed by atoms with Crippen LogP contribution in [0.5, 0.6) is 0 Å². The van der Waals surface area contributed by atoms with E-state index in [1.807, 2.05) is 6.07 Å². The standard InChI is InChI=1S/C14H16F2N2S/c1-2-10-4-5-11(19-10)8-14(18-17)9-3-6-12(15)13(16)7-9/h3-7,14,18H,2,8,17H2,1H3. The second-order valence-electron chi connectivity index (χ2n) is 4.32. The monoisotopic (exact) mass is 282 g/mol. The van der Waals surface area contributed by atoms with Gasteiger partial charge in [-0.05, 0) is 36.2 Å². The van der Waals surface area contributed by atoms with Crippen LogP contribution in [-0.2, 0) is 12.8 Å². The van der Waals surface area contributed by atoms with Crippen LogP contribution in [0.15, 0.2) is 30.3 Å². The van der Waals surface area contributed by atoms with Gasteiger partial charge in [-0.15, -0.1) is 11.3 Å². The normalized spacial score (nSPS) is 12.6. The van der Waals surface area contributed by atoms with E-state index in [1.165, 1.54) is 15.8 Å². The van der Waals surface area contributed by atoms with E-state index in [2.05, 4.69) is 18.4 Å². The zero-order valence-electron chi connectivity index (χ0n) is 10.6. The van der Waals surface area contributed by atoms with Crippen molar-refractivity contribution in [1.29, 1.82) is 0 Å². The predicted molar refractivity (Wildman–Crippen MR) is 73.8 cm³/mol. The molecule has 19 heavy (non-hydrogen) atoms. The first-order chi connectivity index (χ1) is 9.13. The number of aryl methyl sites for hydroxylation is 1. The zero-order valence-corrected chi connectivity index (χ0v) is 11.4. The van der Waals surface area contributed by atoms with Crippen molar-refractivity contribution in [3.63, 3.8) is 0 Å². The van der Waals surface area contributed by atoms with Gasteiger partial charge in [0.25, 0.3) is 0 Å². The summed E-state index contributed by atoms with van der Waals surface area (Å²) >= 11 is 1.72. The van der Waals surface area contributed by atoms with E-state index < -0.39 is 11.6 Å². The van der Waals surface area contributed by atoms with Gasteiger partial charge in [0.15, 0.2) is 11.6 Å². The summed E-state index contributed by atoms with van der Waals surface area (Å²) < 4.78 is 26.1. The first-order valence-electron chi connectivity index (χ1n) is 6.12. The van der Waals surface area contributed by atoms with Crippen LogP contribution in [0.2, 0.25) is 0 Å². The summed E-state index contributed by atoms with van der Waals surface area (Å²) in [6.07, 6.45) is 1.66. The quantitative estimate of drug-likeness (QED) is 0.652. The number of thiophene rings is 1. The molecule has 1 aromatic heterocycles. The molecule has 0 spiro atoms. The fraction of sp³-hybridized carbons (Fsp3) is 0.286. The fourth-order valence-corrected chi connectivity index (χ4v) is 2.93. The molecule has 1 heterocycles. The van der Waals surface area contributed by atoms with Gasteiger partial charge >= 0.3 is 0 Å². The molecule has 0 aliphatic rings. The van der Waals surface area contributed by atoms with Gasteiger partial charge in [0, 0.05) is 16.2 Å². The Morgan fingerprint density at radius 3 is 2.47 bits per heavy atom. The lowest BCUT2D eigenvalue weighted by Gasteiger charge is -2.15. The molecule has 2 nitrogen and oxygen atoms in total. The highest BCUT2D eigenvalue weighted by Gasteiger charge is 2.14. The Morgan fingerprint density at radius 2 is 1.89 bits per heavy atom. The van der Waals surface area contributed by atoms with Gasteiger partial charge in [0.1, 0.15) is 0 Å². The Balaban J connectivity index is 2.17. The first-order valence-corrected chi connectivity index (χ1v) is 6.94. The molecule has 5 heteroatoms. The summed E-state index contributed by atoms with van der Waals surface area (Å²) in [5.41, 5.74) is 3.30. The van der Waals surface area contributed by atoms with E-state index in [0.29, 0.717) is 12.0 Å². The van der Waals surface area contributed by atoms with Crippen molar-refractivity contribution in [2.75, 3.05) is 0 Å². The average molecular weight is 282 g/mol. The van der Waals surface area contributed by atoms with Gasteiger partial charge in [0.05, 0.1) is 6.04 Å². The summed E-state index contributed by atoms with van der Waals surface area (Å²) in [5, 5.41) is 0. The summed E-state index contributed by atoms with van der Waals surface area (Å²) in [4.78, 5) is 2.47. The molecule has 2 aromatic rings. The van der Waals surface area contributed by atoms with Crippen LogP contribution in [0.3, 0.4) is 0 Å². The molecule has 2 rings (SSSR count). The molecule has 3 N–H and O–H groups in total. The molecule has 0 bridgehead atoms. The minimum atomic E-state index is -0.849. The minimum absolute atomic E-state index is 0.224. The third kappa shape index (κ3) is 3.37. The van der Waals surface area contributed by atoms with Crippen molar-refractivity contribution in [3.8, 4) is 0 Å². The summed E-state index contributed by atoms with van der Waals surface area (Å²) in [6, 6.07) is 7.78. The lowest BCUT2D eigenvalue weighted by Crippen LogP contribution is -2.29. The number of hydrazine groups is 1. The predicted octanol–water partition coefficient (Wildman–Crippen LogP) is 3.34. The van der Waals surface area contributed by atoms with Crippen LogP contribution in [0.25, 0.3) is 0 Å². The van der Waals surface area contributed by atoms with Crippen molar-refractivity contribution in [1.82, 2.24) is 5.43 Å². The molecule has 1 atom stereocenters. The summed E-state index contributed by atoms with van der Waals surface area (Å²) in [6.45, 7) is 2.10. The van der Waals surface area contributed by atoms with Gasteiger partial charge in [-0.25, -0.2) is 8.78 Å². The maximum absolute atomic E-state index is 13.2. The van der Waals surface area contributed by atoms with E-state index in [1.54, 1.807) is 17.4 Å². The highest BCUT2D eigenvalue weighted by Crippen LogP contribution is 2.24. The van der Waals surface area contributed by atoms with Crippen LogP contribution in [-0.4, -0.2) is 0 Å². The number of nitrogens with one attached hydrogen (secondary N) is 1. The molecule has 0 saturated carbocycles. The maximum atomic E-state index is 13.2. The molecule has 0 aliphatic carbocycles. The topological polar surface area (TPSA) is 38.0 Å². The molecule has 1 unspecified atom stereocenters. The number of nitrogens with two attached hydrogens (primary N) is 1. The van der Waals surface area contributed by atoms with Gasteiger partial charge in [-0.1, -0.05) is 13.0 Å². The SMILES string of the molecule is CCc1ccc(CC(NN)c2ccc(F)c(F)c2)s1. The Kier molecular flexibility index (Phi) is 4.63. The van der Waals surface area contributed by atoms with Gasteiger partial charge in [-0.2, -0.15) is 0 Å². The Bertz CT molecular complexity index is 554. The molecule has 0 amide bonds. The number of rotatable bonds is 5. The second kappa shape index (κ2) is 6.23. The van der Waals surface area contributed by atoms with Crippen LogP contribution < -0.4 is 11.3 Å². The van der Waals surface area contributed by atoms with Crippen molar-refractivity contribution >= 4 is 11.3 Å². The van der Waals surface area contributed by atoms with E-state index in [-0.39, 0.29) is 6.04 Å². The molecule has 1 aromatic carbocycles. The molecule has 0 radical (unpaired) electrons. The molecule has 0 saturated heterocycles. The highest BCUT2D eigenvalue weighted by atomic mass is 32.1. The van der Waals surface area contributed by atoms with E-state index in [9.17, 15) is 8.78 Å². The van der Waals surface area contributed by atoms with Gasteiger partial charge in [0.2, 0.25) is 0 Å². The van der Waals surface area contributed by atoms with Crippen LogP contribution in [0.4, 0.5) is 8.78 Å². The molecule has 102 valence electrons. The smallest absolute Gasteiger partial charge is 0.159 e. The molecular weight excluding hydrogens is 266 g/mol. The first kappa shape index (κ1) is 14.1. The summed E-state index contributed by atoms with van der Waals surface area (Å²) in [7, 11) is 0. The lowest BCUT2D eigenvalue weighted by molar-refractivity contribution is 0.497. The number of benzene rings is 1. The Labute approximate surface area is 115 Å². The van der Waals surface area contributed by atoms with Crippen molar-refractivity contribution < 1.29 is 8.78 Å². The zero-order chi connectivity index (χ0) is 13.8. The second-order valence-corrected chi connectivity index (χ2v) is 5.57. The van der Waals surface area contributed by atoms with Crippen LogP contribution >= 0.6 is 11.3 Å². The van der Waals surface area contributed by atoms with Crippen LogP contribution in [0, 0.1) is 11.6 Å². The summed E-state index contributed by atoms with van der Waals surface area (Å²) in [5.74, 6) is 3.83. The fourth-order valence-electron chi connectivity index (χ4n) is 1.93. The Morgan fingerprint density at radius 1 is 1.16 bits per heavy atom. The minimum Gasteiger partial charge on any atom is -0.271 e. The lowest BCUT2D eigenvalue weighted by atomic mass is 10.0. The third-order valence-electron chi connectivity index (χ3n) is 3.02. The molecular formula is C14H16F2N2S. The largest absolute Gasteiger partial charge is 0.271 e. The molecule has 0 aliphatic heterocycles. The van der Waals surface area contributed by atoms with E-state index >= 15 is 0 Å². The van der Waals surface area contributed by atoms with E-state index in [4.69, 9.17) is 5.84 Å². The van der Waals surface area contributed by atoms with Crippen molar-refractivity contribution in [2.24, 2.45) is 5.84 Å². The van der Waals surface area contributed by atoms with Gasteiger partial charge < -0.3 is 0 Å². The Hall–Kier alpha value is -1.30.